The molecule has 766 valence electrons. The van der Waals surface area contributed by atoms with Crippen molar-refractivity contribution in [1.29, 1.82) is 5.26 Å². The minimum Gasteiger partial charge on any atom is -0.497 e. The van der Waals surface area contributed by atoms with Gasteiger partial charge in [0.25, 0.3) is 20.3 Å². The van der Waals surface area contributed by atoms with E-state index in [1.165, 1.54) is 13.8 Å². The number of nitrogens with zero attached hydrogens (tertiary/aromatic N) is 5. The van der Waals surface area contributed by atoms with Crippen molar-refractivity contribution >= 4 is 74.2 Å². The van der Waals surface area contributed by atoms with Crippen LogP contribution >= 0.6 is 39.0 Å². The topological polar surface area (TPSA) is 378 Å². The molecule has 0 bridgehead atoms. The van der Waals surface area contributed by atoms with Crippen LogP contribution in [0.3, 0.4) is 0 Å². The normalized spacial score (nSPS) is 12.6. The first kappa shape index (κ1) is 123. The number of carbonyl (C=O) groups is 6. The highest BCUT2D eigenvalue weighted by Crippen LogP contribution is 2.51. The Balaban J connectivity index is 0.000000377. The number of Topliss-reactive ketones (excluding diaryl/α,β-unsaturated/α-hetero) is 3. The number of hydroxylamine groups is 2. The summed E-state index contributed by atoms with van der Waals surface area (Å²) in [5.41, 5.74) is 11.5. The number of carbonyl (C=O) groups excluding carboxylic acids is 6. The Kier molecular flexibility index (Phi) is 57.6. The third-order valence-electron chi connectivity index (χ3n) is 21.5. The molecule has 1 fully saturated rings. The van der Waals surface area contributed by atoms with Gasteiger partial charge in [0.15, 0.2) is 0 Å². The number of ketones is 3. The molecule has 4 atom stereocenters. The second-order valence-corrected chi connectivity index (χ2v) is 37.7. The SMILES string of the molecule is CC(=O)CC(CO)CO.CC(=O)ON1C(=O)CCC1=O.COc1ccc(C(Cl)(c2ccccc2)c2ccc(OC)cc2)cc1.COc1ccc(C(OCC(CO)CC(C)=O)(c2ccccc2)c2ccc(OC)cc2)cc1.COc1ccc(C(OCC(COP(OCCC#N)N(C(C)C)C(C)C)CC(C)=O)(c2ccccc2)c2ccc(OC)cc2)cc1.NC(CO)CO.[C-]#[N+]CCOP(Cl)N(C(C)C)C(C)C. The van der Waals surface area contributed by atoms with E-state index in [1.807, 2.05) is 224 Å². The molecule has 0 radical (unpaired) electrons. The summed E-state index contributed by atoms with van der Waals surface area (Å²) in [6.45, 7) is 30.2. The highest BCUT2D eigenvalue weighted by Gasteiger charge is 2.42. The molecule has 0 spiro atoms. The van der Waals surface area contributed by atoms with E-state index < -0.39 is 56.1 Å². The van der Waals surface area contributed by atoms with E-state index in [0.717, 1.165) is 91.5 Å². The Labute approximate surface area is 844 Å². The van der Waals surface area contributed by atoms with Gasteiger partial charge in [-0.3, -0.25) is 9.59 Å². The van der Waals surface area contributed by atoms with Gasteiger partial charge in [-0.2, -0.15) is 5.26 Å². The quantitative estimate of drug-likeness (QED) is 0.00515. The number of halogens is 2. The lowest BCUT2D eigenvalue weighted by Crippen LogP contribution is -2.36. The fraction of sp³-hybridized carbons (Fsp3) is 0.426. The summed E-state index contributed by atoms with van der Waals surface area (Å²) < 4.78 is 68.2. The number of aliphatic hydroxyl groups excluding tert-OH is 5. The molecular weight excluding hydrogens is 1880 g/mol. The van der Waals surface area contributed by atoms with Crippen LogP contribution in [0.1, 0.15) is 172 Å². The van der Waals surface area contributed by atoms with Crippen LogP contribution in [0.15, 0.2) is 237 Å². The number of hydrogen-bond acceptors (Lipinski definition) is 27. The van der Waals surface area contributed by atoms with Crippen molar-refractivity contribution in [1.82, 2.24) is 14.4 Å². The number of nitriles is 1. The summed E-state index contributed by atoms with van der Waals surface area (Å²) >= 11 is 13.4. The third-order valence-corrected chi connectivity index (χ3v) is 26.7. The molecule has 1 aliphatic heterocycles. The number of amides is 2. The number of ether oxygens (including phenoxy) is 8. The monoisotopic (exact) mass is 2020 g/mol. The summed E-state index contributed by atoms with van der Waals surface area (Å²) in [7, 11) is 7.32. The lowest BCUT2D eigenvalue weighted by atomic mass is 9.80. The van der Waals surface area contributed by atoms with E-state index >= 15 is 0 Å². The number of rotatable bonds is 48. The molecule has 7 N–H and O–H groups in total. The number of nitrogens with two attached hydrogens (primary N) is 1. The Hall–Kier alpha value is -10.7. The molecule has 4 unspecified atom stereocenters. The molecule has 1 aliphatic rings. The molecule has 33 heteroatoms. The van der Waals surface area contributed by atoms with Crippen LogP contribution in [0.2, 0.25) is 0 Å². The molecule has 1 heterocycles. The van der Waals surface area contributed by atoms with Gasteiger partial charge in [-0.05, 0) is 210 Å². The van der Waals surface area contributed by atoms with E-state index in [1.54, 1.807) is 49.6 Å². The maximum absolute atomic E-state index is 12.5. The van der Waals surface area contributed by atoms with Crippen LogP contribution in [0, 0.1) is 35.7 Å². The number of alkyl halides is 1. The summed E-state index contributed by atoms with van der Waals surface area (Å²) in [4.78, 5) is 73.2. The predicted molar refractivity (Wildman–Crippen MR) is 551 cm³/mol. The molecule has 0 aromatic heterocycles. The smallest absolute Gasteiger partial charge is 0.330 e. The maximum atomic E-state index is 12.5. The van der Waals surface area contributed by atoms with E-state index in [9.17, 15) is 33.9 Å². The lowest BCUT2D eigenvalue weighted by Gasteiger charge is -2.38. The Morgan fingerprint density at radius 3 is 0.986 bits per heavy atom. The lowest BCUT2D eigenvalue weighted by molar-refractivity contribution is -0.195. The first-order chi connectivity index (χ1) is 67.5. The third kappa shape index (κ3) is 39.9. The zero-order valence-electron chi connectivity index (χ0n) is 84.2. The molecular formula is C108H142Cl2N6O23P2. The van der Waals surface area contributed by atoms with Crippen molar-refractivity contribution in [3.05, 3.63) is 298 Å². The zero-order chi connectivity index (χ0) is 105. The molecule has 9 aromatic rings. The van der Waals surface area contributed by atoms with Crippen molar-refractivity contribution in [2.75, 3.05) is 115 Å². The van der Waals surface area contributed by atoms with E-state index in [0.29, 0.717) is 30.3 Å². The predicted octanol–water partition coefficient (Wildman–Crippen LogP) is 18.7. The van der Waals surface area contributed by atoms with Crippen molar-refractivity contribution in [2.45, 2.75) is 168 Å². The van der Waals surface area contributed by atoms with Crippen molar-refractivity contribution < 1.29 is 111 Å². The van der Waals surface area contributed by atoms with Gasteiger partial charge in [-0.15, -0.1) is 16.7 Å². The van der Waals surface area contributed by atoms with Crippen LogP contribution in [0.25, 0.3) is 4.85 Å². The summed E-state index contributed by atoms with van der Waals surface area (Å²) in [5.74, 6) is 2.27. The van der Waals surface area contributed by atoms with Gasteiger partial charge in [0.1, 0.15) is 74.5 Å². The number of imide groups is 1. The Morgan fingerprint density at radius 2 is 0.716 bits per heavy atom. The summed E-state index contributed by atoms with van der Waals surface area (Å²) in [6, 6.07) is 79.9. The fourth-order valence-electron chi connectivity index (χ4n) is 14.7. The molecule has 141 heavy (non-hydrogen) atoms. The van der Waals surface area contributed by atoms with Gasteiger partial charge in [0, 0.05) is 101 Å². The highest BCUT2D eigenvalue weighted by atomic mass is 35.7. The van der Waals surface area contributed by atoms with E-state index in [4.69, 9.17) is 112 Å². The summed E-state index contributed by atoms with van der Waals surface area (Å²) in [5, 5.41) is 52.5. The average Bonchev–Trinajstić information content (AvgIpc) is 1.02. The minimum atomic E-state index is -1.47. The second kappa shape index (κ2) is 66.2. The molecule has 29 nitrogen and oxygen atoms in total. The number of hydrogen-bond donors (Lipinski definition) is 6. The zero-order valence-corrected chi connectivity index (χ0v) is 87.5. The first-order valence-electron chi connectivity index (χ1n) is 46.2. The fourth-order valence-corrected chi connectivity index (χ4v) is 19.1. The van der Waals surface area contributed by atoms with Crippen LogP contribution < -0.4 is 34.2 Å². The molecule has 0 saturated carbocycles. The van der Waals surface area contributed by atoms with Crippen LogP contribution in [0.4, 0.5) is 0 Å². The molecule has 10 rings (SSSR count). The van der Waals surface area contributed by atoms with Gasteiger partial charge in [0.05, 0.1) is 101 Å². The standard InChI is InChI=1S/C36H47N2O6P.C27H30O5.C21H19ClO2.C9H18ClN2OP.C6H7NO4.C6H12O3.C3H9NO2/c1-27(2)38(28(3)4)45(43-23-11-22-37)44-26-30(24-29(5)39)25-42-36(31-12-9-8-10-13-31,32-14-18-34(40-6)19-15-32)33-16-20-35(41-7)21-17-33;1-20(29)17-21(18-28)19-32-27(22-7-5-4-6-8-22,23-9-13-25(30-2)14-10-23)24-11-15-26(31-3)16-12-24;1-23-19-12-8-17(9-13-19)21(22,16-6-4-3-5-7-16)18-10-14-20(24-2)15-11-18;1-8(2)12(9(3)4)14(10)13-7-6-11-5;1-4(8)11-7-5(9)2-3-6(7)10;1-5(9)2-6(3-7)4-8;4-3(1-5)2-6/h8-10,12-21,27-28,30H,11,23-26H2,1-7H3;4-16,21,28H,17-19H2,1-3H3;3-15H,1-2H3;8-9H,6-7H2,1-4H3;2-3H2,1H3;6-8H,2-4H2,1H3;3,5-6H,1-2,4H2. The van der Waals surface area contributed by atoms with Gasteiger partial charge in [-0.25, -0.2) is 20.7 Å². The van der Waals surface area contributed by atoms with Gasteiger partial charge >= 0.3 is 5.97 Å². The second-order valence-electron chi connectivity index (χ2n) is 33.6. The average molecular weight is 2030 g/mol. The van der Waals surface area contributed by atoms with Crippen molar-refractivity contribution in [3.63, 3.8) is 0 Å². The maximum Gasteiger partial charge on any atom is 0.330 e. The molecule has 0 aliphatic carbocycles. The van der Waals surface area contributed by atoms with Crippen LogP contribution in [-0.4, -0.2) is 221 Å². The Bertz CT molecular complexity index is 4970. The molecule has 1 saturated heterocycles. The van der Waals surface area contributed by atoms with Crippen molar-refractivity contribution in [3.8, 4) is 40.6 Å². The number of aliphatic hydroxyl groups is 5. The highest BCUT2D eigenvalue weighted by molar-refractivity contribution is 7.78. The minimum absolute atomic E-state index is 0.00287. The van der Waals surface area contributed by atoms with Gasteiger partial charge in [0.2, 0.25) is 14.2 Å². The Morgan fingerprint density at radius 1 is 0.426 bits per heavy atom. The largest absolute Gasteiger partial charge is 0.497 e. The summed E-state index contributed by atoms with van der Waals surface area (Å²) in [6.07, 6.45) is 1.34. The van der Waals surface area contributed by atoms with Gasteiger partial charge in [-0.1, -0.05) is 164 Å². The van der Waals surface area contributed by atoms with Crippen LogP contribution in [0.5, 0.6) is 34.5 Å². The van der Waals surface area contributed by atoms with Gasteiger partial charge < -0.3 is 107 Å². The van der Waals surface area contributed by atoms with Crippen molar-refractivity contribution in [2.24, 2.45) is 23.5 Å². The van der Waals surface area contributed by atoms with Crippen LogP contribution in [-0.2, 0) is 72.7 Å². The first-order valence-corrected chi connectivity index (χ1v) is 49.9. The number of benzene rings is 9. The van der Waals surface area contributed by atoms with E-state index in [-0.39, 0.29) is 145 Å². The molecule has 2 amide bonds. The van der Waals surface area contributed by atoms with E-state index in [2.05, 4.69) is 92.6 Å². The molecule has 9 aromatic carbocycles. The number of methoxy groups -OCH3 is 6.